The Labute approximate surface area is 202 Å². The van der Waals surface area contributed by atoms with Crippen molar-refractivity contribution in [2.24, 2.45) is 52.3 Å². The lowest BCUT2D eigenvalue weighted by Gasteiger charge is -2.63. The molecule has 0 amide bonds. The van der Waals surface area contributed by atoms with Crippen LogP contribution in [0.15, 0.2) is 12.7 Å². The number of rotatable bonds is 7. The van der Waals surface area contributed by atoms with E-state index in [0.717, 1.165) is 24.7 Å². The number of fused-ring (bicyclic) bond motifs is 5. The molecule has 10 atom stereocenters. The van der Waals surface area contributed by atoms with Crippen molar-refractivity contribution in [2.75, 3.05) is 0 Å². The van der Waals surface area contributed by atoms with Gasteiger partial charge in [0.15, 0.2) is 5.78 Å². The number of hydrogen-bond donors (Lipinski definition) is 2. The van der Waals surface area contributed by atoms with Gasteiger partial charge in [-0.15, -0.1) is 6.58 Å². The minimum atomic E-state index is -1.33. The number of allylic oxidation sites excluding steroid dienone is 1. The molecule has 0 aliphatic heterocycles. The number of aliphatic hydroxyl groups excluding tert-OH is 1. The third-order valence-electron chi connectivity index (χ3n) is 11.8. The van der Waals surface area contributed by atoms with E-state index in [2.05, 4.69) is 47.3 Å². The van der Waals surface area contributed by atoms with Gasteiger partial charge in [0.2, 0.25) is 0 Å². The summed E-state index contributed by atoms with van der Waals surface area (Å²) in [6.07, 6.45) is 12.5. The SMILES string of the molecule is C=C[C@H](CCC(CC)C(C)C)C1CCC2C3CC(=O)[C@@]4(O)C[C@@H](O)CC[C@]4(C)C3CC[C@@]21C. The first-order valence-corrected chi connectivity index (χ1v) is 14.1. The van der Waals surface area contributed by atoms with E-state index >= 15 is 0 Å². The van der Waals surface area contributed by atoms with E-state index in [1.165, 1.54) is 38.5 Å². The number of hydrogen-bond acceptors (Lipinski definition) is 3. The predicted octanol–water partition coefficient (Wildman–Crippen LogP) is 6.56. The van der Waals surface area contributed by atoms with Crippen LogP contribution in [0, 0.1) is 52.3 Å². The summed E-state index contributed by atoms with van der Waals surface area (Å²) in [5.41, 5.74) is -1.43. The lowest BCUT2D eigenvalue weighted by atomic mass is 9.42. The van der Waals surface area contributed by atoms with Gasteiger partial charge in [0, 0.05) is 18.3 Å². The van der Waals surface area contributed by atoms with Crippen molar-refractivity contribution in [3.63, 3.8) is 0 Å². The number of carbonyl (C=O) groups excluding carboxylic acids is 1. The number of aliphatic hydroxyl groups is 2. The smallest absolute Gasteiger partial charge is 0.165 e. The molecule has 0 aromatic carbocycles. The van der Waals surface area contributed by atoms with Crippen LogP contribution in [0.25, 0.3) is 0 Å². The Balaban J connectivity index is 1.55. The third kappa shape index (κ3) is 3.88. The Bertz CT molecular complexity index is 745. The van der Waals surface area contributed by atoms with Gasteiger partial charge in [-0.05, 0) is 98.2 Å². The van der Waals surface area contributed by atoms with Gasteiger partial charge in [0.1, 0.15) is 5.60 Å². The average Bonchev–Trinajstić information content (AvgIpc) is 3.11. The summed E-state index contributed by atoms with van der Waals surface area (Å²) >= 11 is 0. The number of Topliss-reactive ketones (excluding diaryl/α,β-unsaturated/α-hetero) is 1. The van der Waals surface area contributed by atoms with Crippen LogP contribution in [-0.4, -0.2) is 27.7 Å². The minimum absolute atomic E-state index is 0.0145. The van der Waals surface area contributed by atoms with E-state index in [0.29, 0.717) is 42.4 Å². The van der Waals surface area contributed by atoms with Crippen molar-refractivity contribution in [2.45, 2.75) is 117 Å². The predicted molar refractivity (Wildman–Crippen MR) is 135 cm³/mol. The van der Waals surface area contributed by atoms with Crippen molar-refractivity contribution in [1.29, 1.82) is 0 Å². The molecular weight excluding hydrogens is 408 g/mol. The highest BCUT2D eigenvalue weighted by atomic mass is 16.3. The van der Waals surface area contributed by atoms with Gasteiger partial charge in [-0.25, -0.2) is 0 Å². The van der Waals surface area contributed by atoms with E-state index in [1.807, 2.05) is 0 Å². The molecule has 0 radical (unpaired) electrons. The van der Waals surface area contributed by atoms with Gasteiger partial charge in [-0.1, -0.05) is 47.1 Å². The second-order valence-corrected chi connectivity index (χ2v) is 13.3. The molecular formula is C30H50O3. The molecule has 4 aliphatic rings. The highest BCUT2D eigenvalue weighted by Crippen LogP contribution is 2.68. The van der Waals surface area contributed by atoms with Crippen LogP contribution in [0.4, 0.5) is 0 Å². The Morgan fingerprint density at radius 3 is 2.45 bits per heavy atom. The van der Waals surface area contributed by atoms with Crippen LogP contribution in [0.5, 0.6) is 0 Å². The molecule has 4 rings (SSSR count). The minimum Gasteiger partial charge on any atom is -0.393 e. The van der Waals surface area contributed by atoms with E-state index in [4.69, 9.17) is 0 Å². The summed E-state index contributed by atoms with van der Waals surface area (Å²) in [6.45, 7) is 16.0. The van der Waals surface area contributed by atoms with Gasteiger partial charge in [0.05, 0.1) is 6.10 Å². The molecule has 4 aliphatic carbocycles. The van der Waals surface area contributed by atoms with E-state index < -0.39 is 11.7 Å². The summed E-state index contributed by atoms with van der Waals surface area (Å²) in [5.74, 6) is 4.16. The second kappa shape index (κ2) is 9.08. The summed E-state index contributed by atoms with van der Waals surface area (Å²) in [7, 11) is 0. The van der Waals surface area contributed by atoms with E-state index in [1.54, 1.807) is 0 Å². The Kier molecular flexibility index (Phi) is 7.00. The van der Waals surface area contributed by atoms with Crippen LogP contribution in [0.3, 0.4) is 0 Å². The standard InChI is InChI=1S/C30H50O3/c1-7-20(19(3)4)9-10-21(8-2)24-11-12-25-23-17-27(32)30(33)18-22(31)13-16-29(30,6)26(23)14-15-28(24,25)5/h8,19-26,31,33H,2,7,9-18H2,1,3-6H3/t20?,21-,22+,23?,24?,25?,26?,28-,29-,30+/m1/s1. The molecule has 0 saturated heterocycles. The average molecular weight is 459 g/mol. The molecule has 2 N–H and O–H groups in total. The van der Waals surface area contributed by atoms with Crippen LogP contribution in [0.2, 0.25) is 0 Å². The van der Waals surface area contributed by atoms with Crippen LogP contribution < -0.4 is 0 Å². The quantitative estimate of drug-likeness (QED) is 0.424. The molecule has 0 heterocycles. The summed E-state index contributed by atoms with van der Waals surface area (Å²) in [5, 5.41) is 21.9. The molecule has 3 nitrogen and oxygen atoms in total. The Morgan fingerprint density at radius 1 is 1.09 bits per heavy atom. The van der Waals surface area contributed by atoms with Gasteiger partial charge < -0.3 is 10.2 Å². The zero-order valence-electron chi connectivity index (χ0n) is 22.0. The molecule has 0 aromatic heterocycles. The zero-order chi connectivity index (χ0) is 24.2. The summed E-state index contributed by atoms with van der Waals surface area (Å²) < 4.78 is 0. The monoisotopic (exact) mass is 458 g/mol. The fraction of sp³-hybridized carbons (Fsp3) is 0.900. The zero-order valence-corrected chi connectivity index (χ0v) is 22.0. The number of ketones is 1. The van der Waals surface area contributed by atoms with Crippen molar-refractivity contribution in [1.82, 2.24) is 0 Å². The normalized spacial score (nSPS) is 46.9. The highest BCUT2D eigenvalue weighted by Gasteiger charge is 2.67. The van der Waals surface area contributed by atoms with Crippen molar-refractivity contribution < 1.29 is 15.0 Å². The first kappa shape index (κ1) is 25.4. The Hall–Kier alpha value is -0.670. The first-order valence-electron chi connectivity index (χ1n) is 14.1. The van der Waals surface area contributed by atoms with Crippen molar-refractivity contribution in [3.05, 3.63) is 12.7 Å². The molecule has 4 saturated carbocycles. The molecule has 188 valence electrons. The lowest BCUT2D eigenvalue weighted by molar-refractivity contribution is -0.213. The molecule has 0 spiro atoms. The van der Waals surface area contributed by atoms with Crippen LogP contribution in [0.1, 0.15) is 105 Å². The van der Waals surface area contributed by atoms with Crippen molar-refractivity contribution >= 4 is 5.78 Å². The molecule has 0 aromatic rings. The third-order valence-corrected chi connectivity index (χ3v) is 11.8. The van der Waals surface area contributed by atoms with Gasteiger partial charge >= 0.3 is 0 Å². The van der Waals surface area contributed by atoms with E-state index in [9.17, 15) is 15.0 Å². The largest absolute Gasteiger partial charge is 0.393 e. The van der Waals surface area contributed by atoms with Crippen LogP contribution in [-0.2, 0) is 4.79 Å². The van der Waals surface area contributed by atoms with Gasteiger partial charge in [-0.2, -0.15) is 0 Å². The maximum Gasteiger partial charge on any atom is 0.165 e. The lowest BCUT2D eigenvalue weighted by Crippen LogP contribution is -2.67. The highest BCUT2D eigenvalue weighted by molar-refractivity contribution is 5.89. The second-order valence-electron chi connectivity index (χ2n) is 13.3. The van der Waals surface area contributed by atoms with Crippen LogP contribution >= 0.6 is 0 Å². The molecule has 4 fully saturated rings. The first-order chi connectivity index (χ1) is 15.5. The maximum atomic E-state index is 13.4. The molecule has 3 heteroatoms. The van der Waals surface area contributed by atoms with E-state index in [-0.39, 0.29) is 23.0 Å². The van der Waals surface area contributed by atoms with Gasteiger partial charge in [0.25, 0.3) is 0 Å². The number of carbonyl (C=O) groups is 1. The topological polar surface area (TPSA) is 57.5 Å². The fourth-order valence-corrected chi connectivity index (χ4v) is 9.66. The molecule has 33 heavy (non-hydrogen) atoms. The molecule has 5 unspecified atom stereocenters. The van der Waals surface area contributed by atoms with Crippen molar-refractivity contribution in [3.8, 4) is 0 Å². The summed E-state index contributed by atoms with van der Waals surface area (Å²) in [6, 6.07) is 0. The van der Waals surface area contributed by atoms with Gasteiger partial charge in [-0.3, -0.25) is 4.79 Å². The summed E-state index contributed by atoms with van der Waals surface area (Å²) in [4.78, 5) is 13.4. The Morgan fingerprint density at radius 2 is 1.82 bits per heavy atom. The fourth-order valence-electron chi connectivity index (χ4n) is 9.66. The maximum absolute atomic E-state index is 13.4. The molecule has 0 bridgehead atoms.